The van der Waals surface area contributed by atoms with E-state index in [1.807, 2.05) is 91.3 Å². The second-order valence-corrected chi connectivity index (χ2v) is 19.5. The van der Waals surface area contributed by atoms with Crippen LogP contribution in [0.1, 0.15) is 0 Å². The summed E-state index contributed by atoms with van der Waals surface area (Å²) in [5.74, 6) is 1.56. The maximum atomic E-state index is 6.34. The van der Waals surface area contributed by atoms with Gasteiger partial charge in [0, 0.05) is 92.1 Å². The Bertz CT molecular complexity index is 4570. The molecule has 7 nitrogen and oxygen atoms in total. The fourth-order valence-electron chi connectivity index (χ4n) is 10.5. The standard InChI is InChI=1S/C51H32N4O.C17H10BrNO.B/c1-3-12-34(13-4-1)44-31-45(35-14-5-2-6-15-35)54-51(53-44)36-24-22-33(23-25-36)37-26-28-47-43(30-37)40-16-7-9-20-46(40)55(47)49-29-27-38(32-52-49)39-18-11-19-42-41-17-8-10-21-48(41)56-50(39)42;18-16-9-8-11(10-19-16)12-5-3-6-14-13-4-1-2-7-15(13)20-17(12)14;/h1-32H;1-10H;. The van der Waals surface area contributed by atoms with Gasteiger partial charge in [-0.3, -0.25) is 4.57 Å². The molecule has 15 aromatic rings. The van der Waals surface area contributed by atoms with Gasteiger partial charge in [0.25, 0.3) is 0 Å². The predicted molar refractivity (Wildman–Crippen MR) is 319 cm³/mol. The molecule has 0 aliphatic carbocycles. The van der Waals surface area contributed by atoms with Crippen LogP contribution in [0.25, 0.3) is 139 Å². The zero-order chi connectivity index (χ0) is 50.5. The van der Waals surface area contributed by atoms with E-state index in [-0.39, 0.29) is 8.41 Å². The Hall–Kier alpha value is -9.70. The van der Waals surface area contributed by atoms with Gasteiger partial charge < -0.3 is 8.83 Å². The number of benzene rings is 9. The first kappa shape index (κ1) is 47.0. The Morgan fingerprint density at radius 2 is 0.818 bits per heavy atom. The van der Waals surface area contributed by atoms with Crippen molar-refractivity contribution in [3.8, 4) is 73.1 Å². The summed E-state index contributed by atoms with van der Waals surface area (Å²) in [5.41, 5.74) is 17.1. The van der Waals surface area contributed by atoms with Gasteiger partial charge in [0.2, 0.25) is 0 Å². The van der Waals surface area contributed by atoms with Gasteiger partial charge in [-0.1, -0.05) is 188 Å². The van der Waals surface area contributed by atoms with Crippen molar-refractivity contribution in [2.24, 2.45) is 0 Å². The Labute approximate surface area is 453 Å². The minimum Gasteiger partial charge on any atom is -0.455 e. The van der Waals surface area contributed by atoms with Crippen molar-refractivity contribution in [3.05, 3.63) is 260 Å². The zero-order valence-electron chi connectivity index (χ0n) is 41.3. The molecule has 0 aliphatic heterocycles. The van der Waals surface area contributed by atoms with Crippen LogP contribution >= 0.6 is 15.9 Å². The van der Waals surface area contributed by atoms with Gasteiger partial charge in [-0.25, -0.2) is 19.9 Å². The summed E-state index contributed by atoms with van der Waals surface area (Å²) >= 11 is 3.36. The Morgan fingerprint density at radius 3 is 1.39 bits per heavy atom. The number of pyridine rings is 2. The van der Waals surface area contributed by atoms with Gasteiger partial charge in [-0.15, -0.1) is 0 Å². The summed E-state index contributed by atoms with van der Waals surface area (Å²) in [6.07, 6.45) is 3.81. The molecule has 0 amide bonds. The van der Waals surface area contributed by atoms with Gasteiger partial charge in [0.15, 0.2) is 5.82 Å². The molecule has 0 saturated heterocycles. The topological polar surface area (TPSA) is 82.8 Å². The molecule has 3 radical (unpaired) electrons. The minimum atomic E-state index is 0. The molecule has 0 N–H and O–H groups in total. The highest BCUT2D eigenvalue weighted by atomic mass is 79.9. The summed E-state index contributed by atoms with van der Waals surface area (Å²) in [4.78, 5) is 19.4. The van der Waals surface area contributed by atoms with Crippen molar-refractivity contribution in [1.29, 1.82) is 0 Å². The number of nitrogens with zero attached hydrogens (tertiary/aromatic N) is 5. The third-order valence-corrected chi connectivity index (χ3v) is 14.6. The Morgan fingerprint density at radius 1 is 0.338 bits per heavy atom. The molecule has 0 aliphatic rings. The highest BCUT2D eigenvalue weighted by Gasteiger charge is 2.18. The lowest BCUT2D eigenvalue weighted by Gasteiger charge is -2.10. The number of halogens is 1. The van der Waals surface area contributed by atoms with Crippen LogP contribution < -0.4 is 0 Å². The Kier molecular flexibility index (Phi) is 12.1. The smallest absolute Gasteiger partial charge is 0.160 e. The van der Waals surface area contributed by atoms with Crippen molar-refractivity contribution in [2.45, 2.75) is 0 Å². The molecule has 6 aromatic heterocycles. The van der Waals surface area contributed by atoms with Crippen molar-refractivity contribution >= 4 is 90.0 Å². The van der Waals surface area contributed by atoms with Crippen LogP contribution in [0.3, 0.4) is 0 Å². The molecule has 0 atom stereocenters. The average molecular weight is 1050 g/mol. The number of para-hydroxylation sites is 5. The average Bonchev–Trinajstić information content (AvgIpc) is 4.18. The van der Waals surface area contributed by atoms with E-state index in [4.69, 9.17) is 23.8 Å². The fourth-order valence-corrected chi connectivity index (χ4v) is 10.7. The minimum absolute atomic E-state index is 0. The SMILES string of the molecule is Brc1ccc(-c2cccc3c2oc2ccccc23)cn1.[B].c1ccc(-c2cc(-c3ccccc3)nc(-c3ccc(-c4ccc5c(c4)c4ccccc4n5-c4ccc(-c5cccc6c5oc5ccccc56)cn4)cc3)n2)cc1. The van der Waals surface area contributed by atoms with Crippen molar-refractivity contribution in [1.82, 2.24) is 24.5 Å². The summed E-state index contributed by atoms with van der Waals surface area (Å²) in [6, 6.07) is 83.5. The number of hydrogen-bond acceptors (Lipinski definition) is 6. The van der Waals surface area contributed by atoms with E-state index in [2.05, 4.69) is 189 Å². The quantitative estimate of drug-likeness (QED) is 0.117. The maximum absolute atomic E-state index is 6.34. The summed E-state index contributed by atoms with van der Waals surface area (Å²) in [7, 11) is 0. The highest BCUT2D eigenvalue weighted by molar-refractivity contribution is 9.10. The van der Waals surface area contributed by atoms with Crippen LogP contribution in [0.15, 0.2) is 268 Å². The molecule has 15 rings (SSSR count). The first-order valence-corrected chi connectivity index (χ1v) is 25.9. The molecule has 6 heterocycles. The predicted octanol–water partition coefficient (Wildman–Crippen LogP) is 18.2. The van der Waals surface area contributed by atoms with Crippen LogP contribution in [0.5, 0.6) is 0 Å². The largest absolute Gasteiger partial charge is 0.455 e. The summed E-state index contributed by atoms with van der Waals surface area (Å²) < 4.78 is 15.5. The molecule has 0 spiro atoms. The van der Waals surface area contributed by atoms with Gasteiger partial charge in [-0.05, 0) is 81.7 Å². The van der Waals surface area contributed by atoms with Crippen LogP contribution in [0, 0.1) is 0 Å². The monoisotopic (exact) mass is 1050 g/mol. The van der Waals surface area contributed by atoms with Gasteiger partial charge in [-0.2, -0.15) is 0 Å². The fraction of sp³-hybridized carbons (Fsp3) is 0. The van der Waals surface area contributed by atoms with Gasteiger partial charge in [0.05, 0.1) is 22.4 Å². The molecule has 361 valence electrons. The van der Waals surface area contributed by atoms with Crippen LogP contribution in [0.2, 0.25) is 0 Å². The van der Waals surface area contributed by atoms with E-state index in [9.17, 15) is 0 Å². The van der Waals surface area contributed by atoms with Crippen molar-refractivity contribution in [3.63, 3.8) is 0 Å². The molecule has 77 heavy (non-hydrogen) atoms. The van der Waals surface area contributed by atoms with E-state index < -0.39 is 0 Å². The third-order valence-electron chi connectivity index (χ3n) is 14.1. The van der Waals surface area contributed by atoms with Crippen molar-refractivity contribution in [2.75, 3.05) is 0 Å². The number of furan rings is 2. The molecular formula is C68H42BBrN5O2. The highest BCUT2D eigenvalue weighted by Crippen LogP contribution is 2.39. The lowest BCUT2D eigenvalue weighted by Crippen LogP contribution is -1.97. The Balaban J connectivity index is 0.000000225. The third kappa shape index (κ3) is 8.62. The van der Waals surface area contributed by atoms with E-state index >= 15 is 0 Å². The van der Waals surface area contributed by atoms with Gasteiger partial charge in [0.1, 0.15) is 32.8 Å². The van der Waals surface area contributed by atoms with E-state index in [1.165, 1.54) is 10.8 Å². The van der Waals surface area contributed by atoms with Crippen LogP contribution in [-0.2, 0) is 0 Å². The number of rotatable bonds is 7. The summed E-state index contributed by atoms with van der Waals surface area (Å²) in [6.45, 7) is 0. The first-order valence-electron chi connectivity index (χ1n) is 25.1. The second kappa shape index (κ2) is 19.9. The molecule has 0 saturated carbocycles. The van der Waals surface area contributed by atoms with Gasteiger partial charge >= 0.3 is 0 Å². The van der Waals surface area contributed by atoms with Crippen LogP contribution in [-0.4, -0.2) is 32.9 Å². The number of aromatic nitrogens is 5. The van der Waals surface area contributed by atoms with Crippen LogP contribution in [0.4, 0.5) is 0 Å². The lowest BCUT2D eigenvalue weighted by atomic mass is 10.0. The molecule has 9 aromatic carbocycles. The number of hydrogen-bond donors (Lipinski definition) is 0. The normalized spacial score (nSPS) is 11.3. The molecular weight excluding hydrogens is 1010 g/mol. The van der Waals surface area contributed by atoms with E-state index in [0.717, 1.165) is 127 Å². The van der Waals surface area contributed by atoms with E-state index in [1.54, 1.807) is 0 Å². The molecule has 0 bridgehead atoms. The first-order chi connectivity index (χ1) is 37.6. The summed E-state index contributed by atoms with van der Waals surface area (Å²) in [5, 5.41) is 6.87. The second-order valence-electron chi connectivity index (χ2n) is 18.7. The lowest BCUT2D eigenvalue weighted by molar-refractivity contribution is 0.669. The molecule has 0 fully saturated rings. The zero-order valence-corrected chi connectivity index (χ0v) is 42.8. The maximum Gasteiger partial charge on any atom is 0.160 e. The molecule has 9 heteroatoms. The van der Waals surface area contributed by atoms with Crippen molar-refractivity contribution < 1.29 is 8.83 Å². The number of fused-ring (bicyclic) bond motifs is 9. The van der Waals surface area contributed by atoms with E-state index in [0.29, 0.717) is 5.82 Å². The molecule has 0 unspecified atom stereocenters.